The van der Waals surface area contributed by atoms with Crippen molar-refractivity contribution in [2.24, 2.45) is 0 Å². The second-order valence-electron chi connectivity index (χ2n) is 2.07. The molecule has 1 aromatic rings. The number of nitrogens with zero attached hydrogens (tertiary/aromatic N) is 1. The van der Waals surface area contributed by atoms with Crippen LogP contribution in [0, 0.1) is 6.92 Å². The van der Waals surface area contributed by atoms with E-state index in [0.29, 0.717) is 0 Å². The molecule has 0 spiro atoms. The highest BCUT2D eigenvalue weighted by Crippen LogP contribution is 2.35. The summed E-state index contributed by atoms with van der Waals surface area (Å²) in [6.45, 7) is 1.32. The Hall–Kier alpha value is -1.20. The zero-order valence-corrected chi connectivity index (χ0v) is 6.40. The minimum atomic E-state index is -4.52. The Labute approximate surface area is 66.2 Å². The Morgan fingerprint density at radius 2 is 2.00 bits per heavy atom. The van der Waals surface area contributed by atoms with Crippen molar-refractivity contribution in [3.8, 4) is 5.95 Å². The number of aromatic nitrogens is 1. The van der Waals surface area contributed by atoms with Crippen molar-refractivity contribution in [2.75, 3.05) is 7.11 Å². The molecule has 0 aromatic carbocycles. The van der Waals surface area contributed by atoms with E-state index in [0.717, 1.165) is 7.11 Å². The summed E-state index contributed by atoms with van der Waals surface area (Å²) < 4.78 is 45.0. The van der Waals surface area contributed by atoms with Gasteiger partial charge in [0.1, 0.15) is 0 Å². The van der Waals surface area contributed by atoms with Crippen molar-refractivity contribution in [2.45, 2.75) is 13.1 Å². The molecule has 0 bridgehead atoms. The second-order valence-corrected chi connectivity index (χ2v) is 2.07. The molecule has 12 heavy (non-hydrogen) atoms. The van der Waals surface area contributed by atoms with Crippen LogP contribution in [0.3, 0.4) is 0 Å². The number of rotatable bonds is 1. The first-order valence-corrected chi connectivity index (χ1v) is 3.03. The van der Waals surface area contributed by atoms with E-state index in [9.17, 15) is 13.2 Å². The maximum absolute atomic E-state index is 12.0. The molecule has 68 valence electrons. The third kappa shape index (κ3) is 1.51. The summed E-state index contributed by atoms with van der Waals surface area (Å²) in [7, 11) is 1.09. The third-order valence-electron chi connectivity index (χ3n) is 1.16. The molecule has 0 N–H and O–H groups in total. The molecule has 1 rings (SSSR count). The minimum absolute atomic E-state index is 0.0702. The summed E-state index contributed by atoms with van der Waals surface area (Å²) in [6.07, 6.45) is -4.52. The molecule has 0 saturated heterocycles. The number of aryl methyl sites for hydroxylation is 1. The number of oxazole rings is 1. The lowest BCUT2D eigenvalue weighted by Crippen LogP contribution is -2.07. The van der Waals surface area contributed by atoms with Crippen LogP contribution < -0.4 is 4.74 Å². The number of alkyl halides is 3. The highest BCUT2D eigenvalue weighted by Gasteiger charge is 2.39. The average molecular weight is 181 g/mol. The molecule has 0 radical (unpaired) electrons. The first-order valence-electron chi connectivity index (χ1n) is 3.03. The lowest BCUT2D eigenvalue weighted by atomic mass is 10.4. The molecule has 0 amide bonds. The van der Waals surface area contributed by atoms with Crippen molar-refractivity contribution in [3.05, 3.63) is 11.6 Å². The number of hydrogen-bond donors (Lipinski definition) is 0. The normalized spacial score (nSPS) is 11.8. The van der Waals surface area contributed by atoms with Crippen molar-refractivity contribution in [1.82, 2.24) is 4.98 Å². The van der Waals surface area contributed by atoms with E-state index in [4.69, 9.17) is 0 Å². The van der Waals surface area contributed by atoms with Crippen LogP contribution in [0.15, 0.2) is 4.42 Å². The van der Waals surface area contributed by atoms with Crippen molar-refractivity contribution in [1.29, 1.82) is 0 Å². The molecule has 0 atom stereocenters. The first-order chi connectivity index (χ1) is 5.45. The fourth-order valence-electron chi connectivity index (χ4n) is 0.726. The molecule has 0 unspecified atom stereocenters. The molecule has 0 saturated carbocycles. The van der Waals surface area contributed by atoms with E-state index in [2.05, 4.69) is 14.1 Å². The summed E-state index contributed by atoms with van der Waals surface area (Å²) in [6, 6.07) is 0. The molecule has 3 nitrogen and oxygen atoms in total. The predicted molar refractivity (Wildman–Crippen MR) is 32.8 cm³/mol. The Morgan fingerprint density at radius 1 is 1.42 bits per heavy atom. The summed E-state index contributed by atoms with van der Waals surface area (Å²) >= 11 is 0. The van der Waals surface area contributed by atoms with Crippen LogP contribution in [0.25, 0.3) is 0 Å². The van der Waals surface area contributed by atoms with Gasteiger partial charge in [-0.1, -0.05) is 0 Å². The molecule has 6 heteroatoms. The van der Waals surface area contributed by atoms with Crippen molar-refractivity contribution in [3.63, 3.8) is 0 Å². The second kappa shape index (κ2) is 2.69. The molecular formula is C6H6F3NO2. The van der Waals surface area contributed by atoms with E-state index in [1.54, 1.807) is 0 Å². The minimum Gasteiger partial charge on any atom is -0.467 e. The lowest BCUT2D eigenvalue weighted by molar-refractivity contribution is -0.142. The molecule has 1 aromatic heterocycles. The number of hydrogen-bond acceptors (Lipinski definition) is 3. The first kappa shape index (κ1) is 8.89. The van der Waals surface area contributed by atoms with Crippen LogP contribution in [-0.2, 0) is 6.18 Å². The van der Waals surface area contributed by atoms with Gasteiger partial charge < -0.3 is 9.15 Å². The molecule has 1 heterocycles. The number of methoxy groups -OCH3 is 1. The van der Waals surface area contributed by atoms with Crippen LogP contribution in [0.2, 0.25) is 0 Å². The van der Waals surface area contributed by atoms with Crippen LogP contribution in [0.4, 0.5) is 13.2 Å². The molecule has 0 fully saturated rings. The van der Waals surface area contributed by atoms with Crippen LogP contribution in [-0.4, -0.2) is 12.1 Å². The quantitative estimate of drug-likeness (QED) is 0.664. The van der Waals surface area contributed by atoms with Gasteiger partial charge in [-0.3, -0.25) is 0 Å². The van der Waals surface area contributed by atoms with Gasteiger partial charge in [0.05, 0.1) is 7.11 Å². The fourth-order valence-corrected chi connectivity index (χ4v) is 0.726. The standard InChI is InChI=1S/C6H6F3NO2/c1-3-10-4(6(7,8)9)5(11-2)12-3/h1-2H3. The van der Waals surface area contributed by atoms with E-state index < -0.39 is 17.8 Å². The van der Waals surface area contributed by atoms with E-state index in [-0.39, 0.29) is 5.89 Å². The highest BCUT2D eigenvalue weighted by molar-refractivity contribution is 5.18. The van der Waals surface area contributed by atoms with Gasteiger partial charge in [0.2, 0.25) is 5.69 Å². The van der Waals surface area contributed by atoms with Gasteiger partial charge in [0, 0.05) is 6.92 Å². The summed E-state index contributed by atoms with van der Waals surface area (Å²) in [5, 5.41) is 0. The summed E-state index contributed by atoms with van der Waals surface area (Å²) in [5.41, 5.74) is -1.12. The van der Waals surface area contributed by atoms with Crippen molar-refractivity contribution >= 4 is 0 Å². The van der Waals surface area contributed by atoms with Crippen molar-refractivity contribution < 1.29 is 22.3 Å². The zero-order chi connectivity index (χ0) is 9.35. The van der Waals surface area contributed by atoms with Crippen LogP contribution in [0.1, 0.15) is 11.6 Å². The fraction of sp³-hybridized carbons (Fsp3) is 0.500. The monoisotopic (exact) mass is 181 g/mol. The largest absolute Gasteiger partial charge is 0.467 e. The third-order valence-corrected chi connectivity index (χ3v) is 1.16. The highest BCUT2D eigenvalue weighted by atomic mass is 19.4. The number of halogens is 3. The Morgan fingerprint density at radius 3 is 2.33 bits per heavy atom. The van der Waals surface area contributed by atoms with Crippen LogP contribution in [0.5, 0.6) is 5.95 Å². The van der Waals surface area contributed by atoms with Gasteiger partial charge in [-0.25, -0.2) is 4.98 Å². The van der Waals surface area contributed by atoms with Gasteiger partial charge in [0.25, 0.3) is 0 Å². The maximum Gasteiger partial charge on any atom is 0.440 e. The van der Waals surface area contributed by atoms with Gasteiger partial charge in [-0.2, -0.15) is 13.2 Å². The average Bonchev–Trinajstić information content (AvgIpc) is 2.29. The van der Waals surface area contributed by atoms with Gasteiger partial charge >= 0.3 is 12.1 Å². The maximum atomic E-state index is 12.0. The molecule has 0 aliphatic heterocycles. The molecular weight excluding hydrogens is 175 g/mol. The molecule has 0 aliphatic carbocycles. The van der Waals surface area contributed by atoms with E-state index >= 15 is 0 Å². The summed E-state index contributed by atoms with van der Waals surface area (Å²) in [4.78, 5) is 3.14. The van der Waals surface area contributed by atoms with E-state index in [1.165, 1.54) is 6.92 Å². The van der Waals surface area contributed by atoms with Gasteiger partial charge in [0.15, 0.2) is 5.89 Å². The zero-order valence-electron chi connectivity index (χ0n) is 6.40. The predicted octanol–water partition coefficient (Wildman–Crippen LogP) is 2.01. The Kier molecular flexibility index (Phi) is 1.99. The van der Waals surface area contributed by atoms with Gasteiger partial charge in [-0.05, 0) is 0 Å². The molecule has 0 aliphatic rings. The Bertz CT molecular complexity index is 279. The number of ether oxygens (including phenoxy) is 1. The SMILES string of the molecule is COc1oc(C)nc1C(F)(F)F. The topological polar surface area (TPSA) is 35.3 Å². The lowest BCUT2D eigenvalue weighted by Gasteiger charge is -2.01. The van der Waals surface area contributed by atoms with Gasteiger partial charge in [-0.15, -0.1) is 0 Å². The smallest absolute Gasteiger partial charge is 0.440 e. The van der Waals surface area contributed by atoms with E-state index in [1.807, 2.05) is 0 Å². The summed E-state index contributed by atoms with van der Waals surface area (Å²) in [5.74, 6) is -0.667. The Balaban J connectivity index is 3.13. The van der Waals surface area contributed by atoms with Crippen LogP contribution >= 0.6 is 0 Å².